The van der Waals surface area contributed by atoms with Crippen LogP contribution in [0.2, 0.25) is 0 Å². The van der Waals surface area contributed by atoms with E-state index in [9.17, 15) is 0 Å². The molecule has 4 aromatic carbocycles. The van der Waals surface area contributed by atoms with E-state index in [1.54, 1.807) is 20.9 Å². The summed E-state index contributed by atoms with van der Waals surface area (Å²) in [4.78, 5) is 0. The molecule has 6 rings (SSSR count). The zero-order chi connectivity index (χ0) is 31.6. The van der Waals surface area contributed by atoms with E-state index >= 15 is 0 Å². The summed E-state index contributed by atoms with van der Waals surface area (Å²) in [5, 5.41) is 0. The molecule has 0 bridgehead atoms. The Morgan fingerprint density at radius 1 is 0.739 bits per heavy atom. The quantitative estimate of drug-likeness (QED) is 0.253. The number of aryl methyl sites for hydroxylation is 1. The van der Waals surface area contributed by atoms with Crippen molar-refractivity contribution in [2.45, 2.75) is 86.5 Å². The molecule has 3 heteroatoms. The molecule has 2 aliphatic rings. The first-order chi connectivity index (χ1) is 20.8. The molecule has 0 fully saturated rings. The van der Waals surface area contributed by atoms with Gasteiger partial charge in [0.25, 0.3) is 0 Å². The Bertz CT molecular complexity index is 1860. The smallest absolute Gasteiger partial charge is 1.00 e. The number of rotatable bonds is 4. The van der Waals surface area contributed by atoms with Gasteiger partial charge in [0.1, 0.15) is 0 Å². The summed E-state index contributed by atoms with van der Waals surface area (Å²) in [6.45, 7) is 23.8. The normalized spacial score (nSPS) is 15.8. The van der Waals surface area contributed by atoms with Crippen molar-refractivity contribution >= 4 is 12.1 Å². The van der Waals surface area contributed by atoms with Crippen LogP contribution in [0.5, 0.6) is 0 Å². The van der Waals surface area contributed by atoms with Crippen molar-refractivity contribution < 1.29 is 46.1 Å². The molecule has 1 unspecified atom stereocenters. The summed E-state index contributed by atoms with van der Waals surface area (Å²) in [6.07, 6.45) is 3.60. The number of halogens is 2. The molecule has 238 valence electrons. The summed E-state index contributed by atoms with van der Waals surface area (Å²) in [6, 6.07) is 32.7. The Labute approximate surface area is 298 Å². The molecule has 0 aliphatic heterocycles. The van der Waals surface area contributed by atoms with Gasteiger partial charge in [-0.25, -0.2) is 0 Å². The Morgan fingerprint density at radius 2 is 1.37 bits per heavy atom. The van der Waals surface area contributed by atoms with E-state index in [4.69, 9.17) is 0 Å². The van der Waals surface area contributed by atoms with Gasteiger partial charge in [-0.1, -0.05) is 0 Å². The molecule has 0 saturated heterocycles. The van der Waals surface area contributed by atoms with Gasteiger partial charge in [-0.05, 0) is 0 Å². The third kappa shape index (κ3) is 6.68. The second-order valence-corrected chi connectivity index (χ2v) is 21.4. The fourth-order valence-electron chi connectivity index (χ4n) is 7.42. The molecule has 0 spiro atoms. The zero-order valence-electron chi connectivity index (χ0n) is 29.2. The molecule has 0 nitrogen and oxygen atoms in total. The van der Waals surface area contributed by atoms with Crippen molar-refractivity contribution in [1.82, 2.24) is 0 Å². The van der Waals surface area contributed by atoms with E-state index in [1.165, 1.54) is 50.1 Å². The zero-order valence-corrected chi connectivity index (χ0v) is 33.2. The maximum Gasteiger partial charge on any atom is -1.00 e. The Kier molecular flexibility index (Phi) is 10.9. The van der Waals surface area contributed by atoms with Crippen LogP contribution < -0.4 is 28.1 Å². The van der Waals surface area contributed by atoms with Crippen molar-refractivity contribution in [3.8, 4) is 11.1 Å². The summed E-state index contributed by atoms with van der Waals surface area (Å²) < 4.78 is 5.11. The van der Waals surface area contributed by atoms with Crippen LogP contribution in [0.3, 0.4) is 0 Å². The average molecular weight is 727 g/mol. The average Bonchev–Trinajstić information content (AvgIpc) is 3.49. The van der Waals surface area contributed by atoms with Crippen LogP contribution in [0.25, 0.3) is 16.7 Å². The van der Waals surface area contributed by atoms with Crippen LogP contribution in [-0.2, 0) is 38.5 Å². The molecule has 0 aromatic heterocycles. The van der Waals surface area contributed by atoms with E-state index < -0.39 is 21.3 Å². The van der Waals surface area contributed by atoms with Crippen LogP contribution in [0.4, 0.5) is 0 Å². The Hall–Kier alpha value is -2.31. The van der Waals surface area contributed by atoms with Crippen LogP contribution >= 0.6 is 0 Å². The van der Waals surface area contributed by atoms with Gasteiger partial charge in [0.15, 0.2) is 0 Å². The maximum absolute atomic E-state index is 2.73. The van der Waals surface area contributed by atoms with E-state index in [1.807, 2.05) is 0 Å². The largest absolute Gasteiger partial charge is 1.00 e. The molecular weight excluding hydrogens is 679 g/mol. The summed E-state index contributed by atoms with van der Waals surface area (Å²) in [5.41, 5.74) is 16.3. The first-order valence-electron chi connectivity index (χ1n) is 16.3. The Morgan fingerprint density at radius 3 is 1.98 bits per heavy atom. The first-order valence-corrected chi connectivity index (χ1v) is 20.0. The molecular formula is C43H48Cl2Zr. The molecule has 4 aromatic rings. The van der Waals surface area contributed by atoms with Gasteiger partial charge in [-0.2, -0.15) is 0 Å². The molecule has 0 heterocycles. The van der Waals surface area contributed by atoms with Gasteiger partial charge in [0.05, 0.1) is 0 Å². The predicted octanol–water partition coefficient (Wildman–Crippen LogP) is 4.66. The summed E-state index contributed by atoms with van der Waals surface area (Å²) in [7, 11) is 0. The van der Waals surface area contributed by atoms with Crippen molar-refractivity contribution in [2.75, 3.05) is 0 Å². The fourth-order valence-corrected chi connectivity index (χ4v) is 16.8. The summed E-state index contributed by atoms with van der Waals surface area (Å²) in [5.74, 6) is 0.431. The maximum atomic E-state index is 2.56. The second kappa shape index (κ2) is 13.7. The van der Waals surface area contributed by atoms with Crippen LogP contribution in [0, 0.1) is 12.8 Å². The van der Waals surface area contributed by atoms with Crippen LogP contribution in [0.1, 0.15) is 101 Å². The number of hydrogen-bond donors (Lipinski definition) is 0. The van der Waals surface area contributed by atoms with Gasteiger partial charge in [0, 0.05) is 0 Å². The summed E-state index contributed by atoms with van der Waals surface area (Å²) >= 11 is -2.73. The SMILES string of the molecule is CC1=[C](/[Zr+2](=[C](\C)c2ccc(C)cc2)[c]2c(C(C)(C)C)ccc3c2Cc2cc(C(C)(C)C)ccc2-3)C(C)C=C1c1ccccc1.[Cl-].[Cl-]. The first kappa shape index (κ1) is 36.5. The topological polar surface area (TPSA) is 0 Å². The third-order valence-corrected chi connectivity index (χ3v) is 18.4. The number of hydrogen-bond acceptors (Lipinski definition) is 0. The van der Waals surface area contributed by atoms with Gasteiger partial charge < -0.3 is 24.8 Å². The van der Waals surface area contributed by atoms with Crippen molar-refractivity contribution in [1.29, 1.82) is 0 Å². The van der Waals surface area contributed by atoms with Crippen molar-refractivity contribution in [3.63, 3.8) is 0 Å². The molecule has 0 amide bonds. The second-order valence-electron chi connectivity index (χ2n) is 15.2. The van der Waals surface area contributed by atoms with Gasteiger partial charge in [-0.15, -0.1) is 0 Å². The number of fused-ring (bicyclic) bond motifs is 3. The van der Waals surface area contributed by atoms with Gasteiger partial charge >= 0.3 is 276 Å². The molecule has 2 aliphatic carbocycles. The van der Waals surface area contributed by atoms with Gasteiger partial charge in [-0.3, -0.25) is 0 Å². The van der Waals surface area contributed by atoms with Crippen molar-refractivity contribution in [3.05, 3.63) is 139 Å². The van der Waals surface area contributed by atoms with Crippen molar-refractivity contribution in [2.24, 2.45) is 5.92 Å². The monoisotopic (exact) mass is 724 g/mol. The fraction of sp³-hybridized carbons (Fsp3) is 0.326. The van der Waals surface area contributed by atoms with Gasteiger partial charge in [0.2, 0.25) is 0 Å². The molecule has 0 saturated carbocycles. The van der Waals surface area contributed by atoms with E-state index in [0.717, 1.165) is 6.42 Å². The standard InChI is InChI=1S/C21H25.C13H13.C9H10.2ClH.Zr/c1-20(2,3)16-7-9-18-14(12-16)11-15-13-17(21(4,5)6)8-10-19(15)18;1-10-8-11(2)13(9-10)12-6-4-3-5-7-12;1-3-9-6-4-8(2)5-7-9;;;/h7-10,12H,11H2,1-6H3;3-7,9-10H,1-2H3;4-7H,1-2H3;2*1H;/q;;;;;+2/p-2. The molecule has 0 radical (unpaired) electrons. The Balaban J connectivity index is 0.00000240. The minimum absolute atomic E-state index is 0. The molecule has 0 N–H and O–H groups in total. The number of allylic oxidation sites excluding steroid dienone is 4. The van der Waals surface area contributed by atoms with Crippen LogP contribution in [-0.4, -0.2) is 3.21 Å². The molecule has 46 heavy (non-hydrogen) atoms. The predicted molar refractivity (Wildman–Crippen MR) is 189 cm³/mol. The number of benzene rings is 4. The van der Waals surface area contributed by atoms with Crippen LogP contribution in [0.15, 0.2) is 99.9 Å². The third-order valence-electron chi connectivity index (χ3n) is 9.89. The minimum atomic E-state index is -2.73. The van der Waals surface area contributed by atoms with E-state index in [-0.39, 0.29) is 35.6 Å². The molecule has 1 atom stereocenters. The van der Waals surface area contributed by atoms with E-state index in [2.05, 4.69) is 160 Å². The van der Waals surface area contributed by atoms with E-state index in [0.29, 0.717) is 5.92 Å². The minimum Gasteiger partial charge on any atom is -1.00 e.